The van der Waals surface area contributed by atoms with Crippen LogP contribution in [0.5, 0.6) is 0 Å². The van der Waals surface area contributed by atoms with Gasteiger partial charge in [-0.05, 0) is 31.0 Å². The number of hydrogen-bond donors (Lipinski definition) is 1. The van der Waals surface area contributed by atoms with Crippen molar-refractivity contribution in [2.75, 3.05) is 18.9 Å². The lowest BCUT2D eigenvalue weighted by molar-refractivity contribution is -0.127. The Kier molecular flexibility index (Phi) is 2.62. The Balaban J connectivity index is 2.06. The number of anilines is 1. The Labute approximate surface area is 90.1 Å². The summed E-state index contributed by atoms with van der Waals surface area (Å²) in [4.78, 5) is 13.4. The molecule has 0 aliphatic carbocycles. The van der Waals surface area contributed by atoms with E-state index < -0.39 is 0 Å². The zero-order valence-electron chi connectivity index (χ0n) is 9.16. The van der Waals surface area contributed by atoms with Crippen molar-refractivity contribution >= 4 is 11.6 Å². The van der Waals surface area contributed by atoms with E-state index in [1.807, 2.05) is 32.2 Å². The highest BCUT2D eigenvalue weighted by Gasteiger charge is 2.28. The van der Waals surface area contributed by atoms with Crippen molar-refractivity contribution in [3.05, 3.63) is 29.8 Å². The van der Waals surface area contributed by atoms with Crippen LogP contribution in [0.25, 0.3) is 0 Å². The molecule has 1 heterocycles. The second-order valence-corrected chi connectivity index (χ2v) is 4.11. The second-order valence-electron chi connectivity index (χ2n) is 4.11. The molecule has 0 radical (unpaired) electrons. The van der Waals surface area contributed by atoms with Gasteiger partial charge in [0.05, 0.1) is 0 Å². The van der Waals surface area contributed by atoms with E-state index in [2.05, 4.69) is 11.4 Å². The Morgan fingerprint density at radius 2 is 2.27 bits per heavy atom. The van der Waals surface area contributed by atoms with Crippen LogP contribution in [0.2, 0.25) is 0 Å². The van der Waals surface area contributed by atoms with E-state index in [1.165, 1.54) is 5.56 Å². The van der Waals surface area contributed by atoms with Crippen molar-refractivity contribution in [1.82, 2.24) is 4.90 Å². The van der Waals surface area contributed by atoms with Crippen LogP contribution in [-0.4, -0.2) is 30.4 Å². The SMILES string of the molecule is Cc1cccc(NC2CCN(C)C2=O)c1. The summed E-state index contributed by atoms with van der Waals surface area (Å²) in [6.45, 7) is 2.90. The molecule has 15 heavy (non-hydrogen) atoms. The minimum atomic E-state index is -0.0446. The van der Waals surface area contributed by atoms with Gasteiger partial charge in [-0.1, -0.05) is 12.1 Å². The molecule has 80 valence electrons. The van der Waals surface area contributed by atoms with Crippen molar-refractivity contribution in [2.45, 2.75) is 19.4 Å². The van der Waals surface area contributed by atoms with Crippen LogP contribution in [0, 0.1) is 6.92 Å². The molecule has 1 unspecified atom stereocenters. The maximum atomic E-state index is 11.7. The summed E-state index contributed by atoms with van der Waals surface area (Å²) in [5.41, 5.74) is 2.24. The lowest BCUT2D eigenvalue weighted by Crippen LogP contribution is -2.30. The number of carbonyl (C=O) groups excluding carboxylic acids is 1. The molecule has 0 saturated carbocycles. The molecule has 1 aliphatic rings. The van der Waals surface area contributed by atoms with Crippen molar-refractivity contribution in [3.63, 3.8) is 0 Å². The summed E-state index contributed by atoms with van der Waals surface area (Å²) in [7, 11) is 1.85. The molecule has 1 saturated heterocycles. The standard InChI is InChI=1S/C12H16N2O/c1-9-4-3-5-10(8-9)13-11-6-7-14(2)12(11)15/h3-5,8,11,13H,6-7H2,1-2H3. The first-order valence-electron chi connectivity index (χ1n) is 5.25. The zero-order valence-corrected chi connectivity index (χ0v) is 9.16. The van der Waals surface area contributed by atoms with Crippen LogP contribution in [0.1, 0.15) is 12.0 Å². The third-order valence-electron chi connectivity index (χ3n) is 2.79. The van der Waals surface area contributed by atoms with Crippen LogP contribution in [0.15, 0.2) is 24.3 Å². The van der Waals surface area contributed by atoms with Crippen molar-refractivity contribution in [2.24, 2.45) is 0 Å². The number of nitrogens with one attached hydrogen (secondary N) is 1. The number of hydrogen-bond acceptors (Lipinski definition) is 2. The minimum absolute atomic E-state index is 0.0446. The summed E-state index contributed by atoms with van der Waals surface area (Å²) in [5, 5.41) is 3.27. The fraction of sp³-hybridized carbons (Fsp3) is 0.417. The highest BCUT2D eigenvalue weighted by Crippen LogP contribution is 2.16. The normalized spacial score (nSPS) is 20.8. The summed E-state index contributed by atoms with van der Waals surface area (Å²) in [6, 6.07) is 8.07. The first-order chi connectivity index (χ1) is 7.16. The number of amides is 1. The van der Waals surface area contributed by atoms with Crippen LogP contribution in [0.4, 0.5) is 5.69 Å². The van der Waals surface area contributed by atoms with E-state index in [4.69, 9.17) is 0 Å². The van der Waals surface area contributed by atoms with Gasteiger partial charge in [0.2, 0.25) is 5.91 Å². The molecule has 1 fully saturated rings. The fourth-order valence-electron chi connectivity index (χ4n) is 1.89. The van der Waals surface area contributed by atoms with Crippen LogP contribution >= 0.6 is 0 Å². The third-order valence-corrected chi connectivity index (χ3v) is 2.79. The molecular formula is C12H16N2O. The Morgan fingerprint density at radius 1 is 1.47 bits per heavy atom. The van der Waals surface area contributed by atoms with Crippen molar-refractivity contribution < 1.29 is 4.79 Å². The summed E-state index contributed by atoms with van der Waals surface area (Å²) in [6.07, 6.45) is 0.892. The van der Waals surface area contributed by atoms with E-state index in [0.717, 1.165) is 18.7 Å². The van der Waals surface area contributed by atoms with E-state index in [9.17, 15) is 4.79 Å². The second kappa shape index (κ2) is 3.93. The number of nitrogens with zero attached hydrogens (tertiary/aromatic N) is 1. The molecule has 1 aliphatic heterocycles. The number of likely N-dealkylation sites (N-methyl/N-ethyl adjacent to an activating group) is 1. The predicted octanol–water partition coefficient (Wildman–Crippen LogP) is 1.64. The van der Waals surface area contributed by atoms with Crippen molar-refractivity contribution in [3.8, 4) is 0 Å². The van der Waals surface area contributed by atoms with E-state index >= 15 is 0 Å². The maximum Gasteiger partial charge on any atom is 0.244 e. The van der Waals surface area contributed by atoms with Gasteiger partial charge in [0.1, 0.15) is 6.04 Å². The van der Waals surface area contributed by atoms with E-state index in [-0.39, 0.29) is 11.9 Å². The largest absolute Gasteiger partial charge is 0.374 e. The van der Waals surface area contributed by atoms with Crippen molar-refractivity contribution in [1.29, 1.82) is 0 Å². The smallest absolute Gasteiger partial charge is 0.244 e. The molecule has 1 aromatic carbocycles. The van der Waals surface area contributed by atoms with E-state index in [1.54, 1.807) is 4.90 Å². The molecule has 1 amide bonds. The summed E-state index contributed by atoms with van der Waals surface area (Å²) < 4.78 is 0. The first-order valence-corrected chi connectivity index (χ1v) is 5.25. The average Bonchev–Trinajstić information content (AvgIpc) is 2.50. The molecule has 3 nitrogen and oxygen atoms in total. The van der Waals surface area contributed by atoms with Gasteiger partial charge >= 0.3 is 0 Å². The van der Waals surface area contributed by atoms with Crippen LogP contribution in [-0.2, 0) is 4.79 Å². The number of carbonyl (C=O) groups is 1. The molecule has 1 aromatic rings. The summed E-state index contributed by atoms with van der Waals surface area (Å²) in [5.74, 6) is 0.191. The Hall–Kier alpha value is -1.51. The predicted molar refractivity (Wildman–Crippen MR) is 60.8 cm³/mol. The lowest BCUT2D eigenvalue weighted by atomic mass is 10.2. The highest BCUT2D eigenvalue weighted by atomic mass is 16.2. The molecule has 1 N–H and O–H groups in total. The number of aryl methyl sites for hydroxylation is 1. The fourth-order valence-corrected chi connectivity index (χ4v) is 1.89. The molecule has 0 aromatic heterocycles. The highest BCUT2D eigenvalue weighted by molar-refractivity contribution is 5.86. The third kappa shape index (κ3) is 2.12. The van der Waals surface area contributed by atoms with Gasteiger partial charge in [0.25, 0.3) is 0 Å². The number of likely N-dealkylation sites (tertiary alicyclic amines) is 1. The van der Waals surface area contributed by atoms with Crippen LogP contribution < -0.4 is 5.32 Å². The zero-order chi connectivity index (χ0) is 10.8. The van der Waals surface area contributed by atoms with Gasteiger partial charge in [-0.15, -0.1) is 0 Å². The Bertz CT molecular complexity index is 376. The van der Waals surface area contributed by atoms with E-state index in [0.29, 0.717) is 0 Å². The van der Waals surface area contributed by atoms with Gasteiger partial charge in [-0.25, -0.2) is 0 Å². The van der Waals surface area contributed by atoms with Gasteiger partial charge < -0.3 is 10.2 Å². The summed E-state index contributed by atoms with van der Waals surface area (Å²) >= 11 is 0. The molecule has 3 heteroatoms. The average molecular weight is 204 g/mol. The quantitative estimate of drug-likeness (QED) is 0.794. The molecule has 2 rings (SSSR count). The van der Waals surface area contributed by atoms with Gasteiger partial charge in [-0.2, -0.15) is 0 Å². The maximum absolute atomic E-state index is 11.7. The van der Waals surface area contributed by atoms with Crippen LogP contribution in [0.3, 0.4) is 0 Å². The monoisotopic (exact) mass is 204 g/mol. The lowest BCUT2D eigenvalue weighted by Gasteiger charge is -2.13. The topological polar surface area (TPSA) is 32.3 Å². The molecule has 0 bridgehead atoms. The first kappa shape index (κ1) is 10.0. The number of benzene rings is 1. The molecule has 1 atom stereocenters. The Morgan fingerprint density at radius 3 is 2.87 bits per heavy atom. The molecular weight excluding hydrogens is 188 g/mol. The van der Waals surface area contributed by atoms with Gasteiger partial charge in [0, 0.05) is 19.3 Å². The van der Waals surface area contributed by atoms with Gasteiger partial charge in [0.15, 0.2) is 0 Å². The minimum Gasteiger partial charge on any atom is -0.374 e. The molecule has 0 spiro atoms. The van der Waals surface area contributed by atoms with Gasteiger partial charge in [-0.3, -0.25) is 4.79 Å². The number of rotatable bonds is 2.